The first-order valence-electron chi connectivity index (χ1n) is 6.14. The highest BCUT2D eigenvalue weighted by atomic mass is 16.1. The summed E-state index contributed by atoms with van der Waals surface area (Å²) in [6.07, 6.45) is 1.07. The number of aryl methyl sites for hydroxylation is 1. The van der Waals surface area contributed by atoms with Crippen molar-refractivity contribution in [2.75, 3.05) is 6.54 Å². The molecule has 0 radical (unpaired) electrons. The predicted octanol–water partition coefficient (Wildman–Crippen LogP) is 1.58. The molecule has 0 saturated heterocycles. The van der Waals surface area contributed by atoms with Crippen LogP contribution in [0.15, 0.2) is 10.9 Å². The Morgan fingerprint density at radius 2 is 2.06 bits per heavy atom. The summed E-state index contributed by atoms with van der Waals surface area (Å²) in [6.45, 7) is 9.95. The van der Waals surface area contributed by atoms with E-state index in [9.17, 15) is 4.79 Å². The molecule has 1 heterocycles. The SMILES string of the molecule is CCCNCc1cc(C(C)(C)C)nn(C)c1=O. The van der Waals surface area contributed by atoms with Crippen LogP contribution < -0.4 is 10.9 Å². The molecule has 0 saturated carbocycles. The molecule has 1 aromatic rings. The molecule has 4 nitrogen and oxygen atoms in total. The van der Waals surface area contributed by atoms with Gasteiger partial charge in [0.2, 0.25) is 0 Å². The predicted molar refractivity (Wildman–Crippen MR) is 70.2 cm³/mol. The number of rotatable bonds is 4. The summed E-state index contributed by atoms with van der Waals surface area (Å²) in [6, 6.07) is 1.92. The fourth-order valence-electron chi connectivity index (χ4n) is 1.56. The average Bonchev–Trinajstić information content (AvgIpc) is 2.22. The van der Waals surface area contributed by atoms with Gasteiger partial charge in [0.05, 0.1) is 5.69 Å². The Balaban J connectivity index is 3.04. The van der Waals surface area contributed by atoms with Crippen molar-refractivity contribution in [3.05, 3.63) is 27.7 Å². The molecule has 0 aromatic carbocycles. The van der Waals surface area contributed by atoms with Crippen LogP contribution in [-0.2, 0) is 19.0 Å². The lowest BCUT2D eigenvalue weighted by Crippen LogP contribution is -2.30. The Bertz CT molecular complexity index is 429. The van der Waals surface area contributed by atoms with Crippen LogP contribution in [-0.4, -0.2) is 16.3 Å². The molecular weight excluding hydrogens is 214 g/mol. The van der Waals surface area contributed by atoms with Crippen LogP contribution in [0.2, 0.25) is 0 Å². The van der Waals surface area contributed by atoms with Crippen LogP contribution in [0.3, 0.4) is 0 Å². The van der Waals surface area contributed by atoms with Gasteiger partial charge in [0.1, 0.15) is 0 Å². The first kappa shape index (κ1) is 13.9. The number of hydrogen-bond acceptors (Lipinski definition) is 3. The highest BCUT2D eigenvalue weighted by Crippen LogP contribution is 2.19. The molecular formula is C13H23N3O. The van der Waals surface area contributed by atoms with E-state index in [4.69, 9.17) is 0 Å². The molecule has 17 heavy (non-hydrogen) atoms. The van der Waals surface area contributed by atoms with E-state index in [-0.39, 0.29) is 11.0 Å². The van der Waals surface area contributed by atoms with Crippen molar-refractivity contribution in [2.24, 2.45) is 7.05 Å². The zero-order valence-corrected chi connectivity index (χ0v) is 11.5. The van der Waals surface area contributed by atoms with Gasteiger partial charge in [-0.3, -0.25) is 4.79 Å². The maximum absolute atomic E-state index is 11.9. The van der Waals surface area contributed by atoms with Gasteiger partial charge in [-0.05, 0) is 19.0 Å². The van der Waals surface area contributed by atoms with Crippen LogP contribution in [0.1, 0.15) is 45.4 Å². The lowest BCUT2D eigenvalue weighted by molar-refractivity contribution is 0.524. The zero-order valence-electron chi connectivity index (χ0n) is 11.5. The first-order chi connectivity index (χ1) is 7.86. The summed E-state index contributed by atoms with van der Waals surface area (Å²) in [5.74, 6) is 0. The van der Waals surface area contributed by atoms with Crippen molar-refractivity contribution in [1.29, 1.82) is 0 Å². The van der Waals surface area contributed by atoms with E-state index in [1.807, 2.05) is 6.07 Å². The van der Waals surface area contributed by atoms with Gasteiger partial charge < -0.3 is 5.32 Å². The highest BCUT2D eigenvalue weighted by Gasteiger charge is 2.18. The van der Waals surface area contributed by atoms with E-state index >= 15 is 0 Å². The van der Waals surface area contributed by atoms with Crippen molar-refractivity contribution < 1.29 is 0 Å². The van der Waals surface area contributed by atoms with Crippen LogP contribution in [0.5, 0.6) is 0 Å². The average molecular weight is 237 g/mol. The smallest absolute Gasteiger partial charge is 0.270 e. The fraction of sp³-hybridized carbons (Fsp3) is 0.692. The minimum absolute atomic E-state index is 0.0124. The third-order valence-electron chi connectivity index (χ3n) is 2.65. The molecule has 1 rings (SSSR count). The lowest BCUT2D eigenvalue weighted by atomic mass is 9.91. The molecule has 1 N–H and O–H groups in total. The Kier molecular flexibility index (Phi) is 4.46. The molecule has 0 aliphatic heterocycles. The standard InChI is InChI=1S/C13H23N3O/c1-6-7-14-9-10-8-11(13(2,3)4)15-16(5)12(10)17/h8,14H,6-7,9H2,1-5H3. The summed E-state index contributed by atoms with van der Waals surface area (Å²) in [4.78, 5) is 11.9. The summed E-state index contributed by atoms with van der Waals surface area (Å²) in [7, 11) is 1.71. The topological polar surface area (TPSA) is 46.9 Å². The monoisotopic (exact) mass is 237 g/mol. The molecule has 0 amide bonds. The molecule has 0 bridgehead atoms. The Morgan fingerprint density at radius 1 is 1.41 bits per heavy atom. The molecule has 96 valence electrons. The summed E-state index contributed by atoms with van der Waals surface area (Å²) < 4.78 is 1.43. The maximum atomic E-state index is 11.9. The summed E-state index contributed by atoms with van der Waals surface area (Å²) in [5, 5.41) is 7.57. The van der Waals surface area contributed by atoms with E-state index < -0.39 is 0 Å². The third kappa shape index (κ3) is 3.66. The second-order valence-electron chi connectivity index (χ2n) is 5.41. The van der Waals surface area contributed by atoms with Gasteiger partial charge >= 0.3 is 0 Å². The van der Waals surface area contributed by atoms with E-state index in [0.29, 0.717) is 6.54 Å². The number of aromatic nitrogens is 2. The Morgan fingerprint density at radius 3 is 2.59 bits per heavy atom. The van der Waals surface area contributed by atoms with Crippen LogP contribution in [0, 0.1) is 0 Å². The lowest BCUT2D eigenvalue weighted by Gasteiger charge is -2.19. The Labute approximate surface area is 103 Å². The van der Waals surface area contributed by atoms with Gasteiger partial charge in [-0.1, -0.05) is 27.7 Å². The van der Waals surface area contributed by atoms with E-state index in [2.05, 4.69) is 38.1 Å². The minimum atomic E-state index is -0.0367. The maximum Gasteiger partial charge on any atom is 0.270 e. The summed E-state index contributed by atoms with van der Waals surface area (Å²) in [5.41, 5.74) is 1.70. The van der Waals surface area contributed by atoms with Gasteiger partial charge in [0.25, 0.3) is 5.56 Å². The molecule has 0 aliphatic carbocycles. The van der Waals surface area contributed by atoms with Crippen LogP contribution >= 0.6 is 0 Å². The molecule has 0 fully saturated rings. The first-order valence-corrected chi connectivity index (χ1v) is 6.14. The normalized spacial score (nSPS) is 11.8. The minimum Gasteiger partial charge on any atom is -0.312 e. The van der Waals surface area contributed by atoms with Gasteiger partial charge in [-0.15, -0.1) is 0 Å². The number of nitrogens with zero attached hydrogens (tertiary/aromatic N) is 2. The second kappa shape index (κ2) is 5.45. The van der Waals surface area contributed by atoms with Gasteiger partial charge in [0, 0.05) is 24.6 Å². The summed E-state index contributed by atoms with van der Waals surface area (Å²) >= 11 is 0. The van der Waals surface area contributed by atoms with Crippen LogP contribution in [0.25, 0.3) is 0 Å². The van der Waals surface area contributed by atoms with Gasteiger partial charge in [-0.25, -0.2) is 4.68 Å². The van der Waals surface area contributed by atoms with E-state index in [1.165, 1.54) is 4.68 Å². The molecule has 0 atom stereocenters. The highest BCUT2D eigenvalue weighted by molar-refractivity contribution is 5.19. The largest absolute Gasteiger partial charge is 0.312 e. The number of nitrogens with one attached hydrogen (secondary N) is 1. The van der Waals surface area contributed by atoms with E-state index in [1.54, 1.807) is 7.05 Å². The van der Waals surface area contributed by atoms with Crippen molar-refractivity contribution in [1.82, 2.24) is 15.1 Å². The van der Waals surface area contributed by atoms with Gasteiger partial charge in [0.15, 0.2) is 0 Å². The van der Waals surface area contributed by atoms with Crippen molar-refractivity contribution in [3.8, 4) is 0 Å². The molecule has 1 aromatic heterocycles. The van der Waals surface area contributed by atoms with Crippen molar-refractivity contribution in [2.45, 2.75) is 46.1 Å². The second-order valence-corrected chi connectivity index (χ2v) is 5.41. The number of hydrogen-bond donors (Lipinski definition) is 1. The molecule has 4 heteroatoms. The Hall–Kier alpha value is -1.16. The van der Waals surface area contributed by atoms with Crippen LogP contribution in [0.4, 0.5) is 0 Å². The molecule has 0 unspecified atom stereocenters. The fourth-order valence-corrected chi connectivity index (χ4v) is 1.56. The van der Waals surface area contributed by atoms with Crippen molar-refractivity contribution >= 4 is 0 Å². The third-order valence-corrected chi connectivity index (χ3v) is 2.65. The van der Waals surface area contributed by atoms with Crippen molar-refractivity contribution in [3.63, 3.8) is 0 Å². The quantitative estimate of drug-likeness (QED) is 0.809. The molecule has 0 aliphatic rings. The zero-order chi connectivity index (χ0) is 13.1. The molecule has 0 spiro atoms. The van der Waals surface area contributed by atoms with Gasteiger partial charge in [-0.2, -0.15) is 5.10 Å². The van der Waals surface area contributed by atoms with E-state index in [0.717, 1.165) is 24.2 Å².